The summed E-state index contributed by atoms with van der Waals surface area (Å²) in [5, 5.41) is 21.1. The van der Waals surface area contributed by atoms with Crippen LogP contribution in [-0.2, 0) is 9.59 Å². The van der Waals surface area contributed by atoms with Gasteiger partial charge in [-0.1, -0.05) is 24.3 Å². The van der Waals surface area contributed by atoms with Gasteiger partial charge < -0.3 is 37.8 Å². The van der Waals surface area contributed by atoms with Gasteiger partial charge in [-0.25, -0.2) is 0 Å². The second kappa shape index (κ2) is 12.2. The first-order chi connectivity index (χ1) is 20.4. The molecule has 0 bridgehead atoms. The number of nitrogens with zero attached hydrogens (tertiary/aromatic N) is 2. The van der Waals surface area contributed by atoms with Crippen LogP contribution in [0.2, 0.25) is 0 Å². The Labute approximate surface area is 250 Å². The summed E-state index contributed by atoms with van der Waals surface area (Å²) >= 11 is 2.55. The van der Waals surface area contributed by atoms with E-state index in [2.05, 4.69) is 0 Å². The normalized spacial score (nSPS) is 13.4. The van der Waals surface area contributed by atoms with Crippen LogP contribution in [0.3, 0.4) is 0 Å². The zero-order valence-electron chi connectivity index (χ0n) is 22.2. The molecule has 0 saturated carbocycles. The van der Waals surface area contributed by atoms with Gasteiger partial charge in [0.2, 0.25) is 0 Å². The quantitative estimate of drug-likeness (QED) is 0.220. The van der Waals surface area contributed by atoms with Gasteiger partial charge in [-0.2, -0.15) is 0 Å². The fourth-order valence-corrected chi connectivity index (χ4v) is 6.65. The molecule has 6 rings (SSSR count). The number of ether oxygens (including phenoxy) is 4. The van der Waals surface area contributed by atoms with Gasteiger partial charge >= 0.3 is 11.9 Å². The van der Waals surface area contributed by atoms with Crippen LogP contribution in [0.5, 0.6) is 23.0 Å². The van der Waals surface area contributed by atoms with Crippen molar-refractivity contribution in [3.63, 3.8) is 0 Å². The Hall–Kier alpha value is -4.42. The van der Waals surface area contributed by atoms with Crippen molar-refractivity contribution in [2.24, 2.45) is 0 Å². The van der Waals surface area contributed by atoms with Gasteiger partial charge in [-0.15, -0.1) is 0 Å². The monoisotopic (exact) mass is 606 g/mol. The van der Waals surface area contributed by atoms with Gasteiger partial charge in [0.05, 0.1) is 11.4 Å². The van der Waals surface area contributed by atoms with E-state index in [-0.39, 0.29) is 13.1 Å². The number of benzene rings is 4. The molecule has 0 amide bonds. The van der Waals surface area contributed by atoms with E-state index in [0.717, 1.165) is 20.6 Å². The summed E-state index contributed by atoms with van der Waals surface area (Å²) in [7, 11) is 0. The van der Waals surface area contributed by atoms with Gasteiger partial charge in [0.25, 0.3) is 0 Å². The van der Waals surface area contributed by atoms with E-state index in [0.29, 0.717) is 60.8 Å². The summed E-state index contributed by atoms with van der Waals surface area (Å²) in [6.07, 6.45) is 0. The minimum absolute atomic E-state index is 0.271. The molecule has 216 valence electrons. The number of fused-ring (bicyclic) bond motifs is 3. The summed E-state index contributed by atoms with van der Waals surface area (Å²) in [5.41, 5.74) is 1.35. The number of hydrogen-bond donors (Lipinski definition) is 2. The molecule has 0 saturated heterocycles. The lowest BCUT2D eigenvalue weighted by Crippen LogP contribution is -2.25. The summed E-state index contributed by atoms with van der Waals surface area (Å²) in [6.45, 7) is 1.32. The average molecular weight is 607 g/mol. The summed E-state index contributed by atoms with van der Waals surface area (Å²) in [4.78, 5) is 25.5. The van der Waals surface area contributed by atoms with Gasteiger partial charge in [-0.05, 0) is 72.4 Å². The minimum Gasteiger partial charge on any atom is -0.486 e. The molecular weight excluding hydrogens is 580 g/mol. The predicted octanol–water partition coefficient (Wildman–Crippen LogP) is 5.58. The van der Waals surface area contributed by atoms with Crippen LogP contribution >= 0.6 is 23.9 Å². The zero-order valence-corrected chi connectivity index (χ0v) is 23.9. The first-order valence-electron chi connectivity index (χ1n) is 13.1. The highest BCUT2D eigenvalue weighted by molar-refractivity contribution is 8.01. The second-order valence-corrected chi connectivity index (χ2v) is 11.5. The second-order valence-electron chi connectivity index (χ2n) is 9.30. The van der Waals surface area contributed by atoms with Crippen molar-refractivity contribution in [3.8, 4) is 23.0 Å². The van der Waals surface area contributed by atoms with Crippen LogP contribution in [-0.4, -0.2) is 61.7 Å². The summed E-state index contributed by atoms with van der Waals surface area (Å²) < 4.78 is 26.1. The molecule has 2 aliphatic rings. The van der Waals surface area contributed by atoms with E-state index >= 15 is 0 Å². The Morgan fingerprint density at radius 3 is 1.40 bits per heavy atom. The van der Waals surface area contributed by atoms with Crippen molar-refractivity contribution in [3.05, 3.63) is 72.8 Å². The van der Waals surface area contributed by atoms with Gasteiger partial charge in [0.15, 0.2) is 23.0 Å². The molecule has 10 nitrogen and oxygen atoms in total. The van der Waals surface area contributed by atoms with E-state index in [1.807, 2.05) is 72.8 Å². The lowest BCUT2D eigenvalue weighted by Gasteiger charge is -2.28. The molecule has 0 spiro atoms. The van der Waals surface area contributed by atoms with E-state index in [4.69, 9.17) is 18.9 Å². The van der Waals surface area contributed by atoms with Crippen LogP contribution < -0.4 is 27.6 Å². The first kappa shape index (κ1) is 27.7. The highest BCUT2D eigenvalue weighted by Crippen LogP contribution is 2.43. The molecule has 0 aliphatic carbocycles. The Kier molecular flexibility index (Phi) is 8.06. The maximum atomic E-state index is 11.9. The summed E-state index contributed by atoms with van der Waals surface area (Å²) in [5.74, 6) is 0.549. The van der Waals surface area contributed by atoms with Gasteiger partial charge in [0, 0.05) is 20.6 Å². The van der Waals surface area contributed by atoms with Crippen LogP contribution in [0, 0.1) is 0 Å². The molecule has 4 aromatic rings. The topological polar surface area (TPSA) is 118 Å². The molecule has 0 atom stereocenters. The molecule has 2 aliphatic heterocycles. The molecular formula is C30H26N2O8S2. The van der Waals surface area contributed by atoms with Crippen molar-refractivity contribution >= 4 is 58.0 Å². The SMILES string of the molecule is O=C(O)CN(Sc1ccc2c(c1)OCCO2)c1ccc(N(CC(=O)O)Sc2ccc3c(c2)OCCO3)c2ccccc12. The Morgan fingerprint density at radius 1 is 0.595 bits per heavy atom. The fourth-order valence-electron chi connectivity index (χ4n) is 4.70. The third-order valence-corrected chi connectivity index (χ3v) is 8.45. The smallest absolute Gasteiger partial charge is 0.324 e. The minimum atomic E-state index is -0.991. The van der Waals surface area contributed by atoms with E-state index in [1.165, 1.54) is 23.9 Å². The number of carboxylic acid groups (broad SMARTS) is 2. The molecule has 12 heteroatoms. The lowest BCUT2D eigenvalue weighted by atomic mass is 10.1. The van der Waals surface area contributed by atoms with Crippen molar-refractivity contribution < 1.29 is 38.7 Å². The number of carboxylic acids is 2. The van der Waals surface area contributed by atoms with Crippen molar-refractivity contribution in [2.75, 3.05) is 48.1 Å². The maximum absolute atomic E-state index is 11.9. The Balaban J connectivity index is 1.36. The molecule has 2 heterocycles. The Bertz CT molecular complexity index is 1530. The fraction of sp³-hybridized carbons (Fsp3) is 0.200. The van der Waals surface area contributed by atoms with Crippen LogP contribution in [0.15, 0.2) is 82.6 Å². The van der Waals surface area contributed by atoms with Crippen LogP contribution in [0.25, 0.3) is 10.8 Å². The zero-order chi connectivity index (χ0) is 29.1. The van der Waals surface area contributed by atoms with Crippen molar-refractivity contribution in [1.82, 2.24) is 0 Å². The number of rotatable bonds is 10. The predicted molar refractivity (Wildman–Crippen MR) is 160 cm³/mol. The molecule has 0 radical (unpaired) electrons. The third-order valence-electron chi connectivity index (χ3n) is 6.43. The highest BCUT2D eigenvalue weighted by atomic mass is 32.2. The number of hydrogen-bond acceptors (Lipinski definition) is 10. The highest BCUT2D eigenvalue weighted by Gasteiger charge is 2.22. The third kappa shape index (κ3) is 6.09. The molecule has 42 heavy (non-hydrogen) atoms. The Morgan fingerprint density at radius 2 is 1.00 bits per heavy atom. The van der Waals surface area contributed by atoms with E-state index in [9.17, 15) is 19.8 Å². The molecule has 0 unspecified atom stereocenters. The van der Waals surface area contributed by atoms with Crippen molar-refractivity contribution in [1.29, 1.82) is 0 Å². The van der Waals surface area contributed by atoms with Crippen LogP contribution in [0.4, 0.5) is 11.4 Å². The average Bonchev–Trinajstić information content (AvgIpc) is 2.99. The first-order valence-corrected chi connectivity index (χ1v) is 14.6. The molecule has 4 aromatic carbocycles. The number of aliphatic carboxylic acids is 2. The van der Waals surface area contributed by atoms with Gasteiger partial charge in [0.1, 0.15) is 39.5 Å². The van der Waals surface area contributed by atoms with Gasteiger partial charge in [-0.3, -0.25) is 9.59 Å². The lowest BCUT2D eigenvalue weighted by molar-refractivity contribution is -0.136. The van der Waals surface area contributed by atoms with Crippen molar-refractivity contribution in [2.45, 2.75) is 9.79 Å². The largest absolute Gasteiger partial charge is 0.486 e. The molecule has 0 aromatic heterocycles. The molecule has 0 fully saturated rings. The molecule has 2 N–H and O–H groups in total. The number of carbonyl (C=O) groups is 2. The van der Waals surface area contributed by atoms with E-state index in [1.54, 1.807) is 8.61 Å². The standard InChI is InChI=1S/C30H26N2O8S2/c33-29(34)17-31(41-19-5-9-25-27(15-19)39-13-11-37-25)23-7-8-24(22-4-2-1-3-21(22)23)32(18-30(35)36)42-20-6-10-26-28(16-20)40-14-12-38-26/h1-10,15-16H,11-14,17-18H2,(H,33,34)(H,35,36). The summed E-state index contributed by atoms with van der Waals surface area (Å²) in [6, 6.07) is 22.2. The maximum Gasteiger partial charge on any atom is 0.324 e. The van der Waals surface area contributed by atoms with E-state index < -0.39 is 11.9 Å². The number of anilines is 2. The van der Waals surface area contributed by atoms with Crippen LogP contribution in [0.1, 0.15) is 0 Å².